The number of amides is 1. The molecule has 0 aliphatic heterocycles. The van der Waals surface area contributed by atoms with Gasteiger partial charge in [-0.1, -0.05) is 239 Å². The van der Waals surface area contributed by atoms with E-state index in [4.69, 9.17) is 0 Å². The number of unbranched alkanes of at least 4 members (excludes halogenated alkanes) is 34. The second-order valence-corrected chi connectivity index (χ2v) is 15.5. The summed E-state index contributed by atoms with van der Waals surface area (Å²) in [5.41, 5.74) is 0. The lowest BCUT2D eigenvalue weighted by molar-refractivity contribution is -0.123. The van der Waals surface area contributed by atoms with Crippen LogP contribution in [0.3, 0.4) is 0 Å². The molecule has 2 unspecified atom stereocenters. The lowest BCUT2D eigenvalue weighted by atomic mass is 10.0. The molecule has 0 spiro atoms. The van der Waals surface area contributed by atoms with E-state index in [1.807, 2.05) is 0 Å². The minimum absolute atomic E-state index is 0.0260. The van der Waals surface area contributed by atoms with Crippen LogP contribution in [0.5, 0.6) is 0 Å². The summed E-state index contributed by atoms with van der Waals surface area (Å²) in [5, 5.41) is 23.1. The number of rotatable bonds is 41. The Bertz CT molecular complexity index is 612. The van der Waals surface area contributed by atoms with E-state index in [0.717, 1.165) is 25.7 Å². The number of nitrogens with one attached hydrogen (secondary N) is 1. The molecule has 0 rings (SSSR count). The van der Waals surface area contributed by atoms with Crippen molar-refractivity contribution in [2.45, 2.75) is 270 Å². The van der Waals surface area contributed by atoms with Crippen molar-refractivity contribution in [1.82, 2.24) is 5.32 Å². The Labute approximate surface area is 302 Å². The Morgan fingerprint density at radius 2 is 0.667 bits per heavy atom. The normalized spacial score (nSPS) is 12.8. The standard InChI is InChI=1S/C44H89NO3/c1-3-5-7-9-11-13-15-17-18-19-20-21-22-23-24-25-26-28-30-32-34-36-38-40-44(48)45-42(41-46)43(47)39-37-35-33-31-29-27-16-14-12-10-8-6-4-2/h42-43,46-47H,3-41H2,1-2H3,(H,45,48). The van der Waals surface area contributed by atoms with Crippen LogP contribution in [0.2, 0.25) is 0 Å². The zero-order valence-corrected chi connectivity index (χ0v) is 33.0. The van der Waals surface area contributed by atoms with Crippen LogP contribution in [0.1, 0.15) is 258 Å². The molecule has 0 aromatic rings. The van der Waals surface area contributed by atoms with E-state index in [1.54, 1.807) is 0 Å². The van der Waals surface area contributed by atoms with Crippen LogP contribution < -0.4 is 5.32 Å². The number of hydrogen-bond donors (Lipinski definition) is 3. The lowest BCUT2D eigenvalue weighted by Crippen LogP contribution is -2.45. The predicted octanol–water partition coefficient (Wildman–Crippen LogP) is 13.7. The molecule has 0 saturated carbocycles. The maximum atomic E-state index is 12.4. The van der Waals surface area contributed by atoms with Crippen LogP contribution in [0.4, 0.5) is 0 Å². The van der Waals surface area contributed by atoms with Gasteiger partial charge in [-0.25, -0.2) is 0 Å². The predicted molar refractivity (Wildman–Crippen MR) is 212 cm³/mol. The molecule has 48 heavy (non-hydrogen) atoms. The third kappa shape index (κ3) is 36.7. The molecule has 0 radical (unpaired) electrons. The van der Waals surface area contributed by atoms with E-state index in [9.17, 15) is 15.0 Å². The number of carbonyl (C=O) groups excluding carboxylic acids is 1. The van der Waals surface area contributed by atoms with Crippen LogP contribution in [-0.4, -0.2) is 34.9 Å². The first kappa shape index (κ1) is 47.4. The Balaban J connectivity index is 3.43. The molecule has 0 bridgehead atoms. The summed E-state index contributed by atoms with van der Waals surface area (Å²) in [6.45, 7) is 4.38. The molecule has 0 aromatic heterocycles. The number of hydrogen-bond acceptors (Lipinski definition) is 3. The molecule has 1 amide bonds. The van der Waals surface area contributed by atoms with Gasteiger partial charge in [0.1, 0.15) is 0 Å². The largest absolute Gasteiger partial charge is 0.394 e. The molecule has 3 N–H and O–H groups in total. The van der Waals surface area contributed by atoms with E-state index in [1.165, 1.54) is 205 Å². The average Bonchev–Trinajstić information content (AvgIpc) is 3.09. The van der Waals surface area contributed by atoms with E-state index in [2.05, 4.69) is 19.2 Å². The van der Waals surface area contributed by atoms with Gasteiger partial charge < -0.3 is 15.5 Å². The number of carbonyl (C=O) groups is 1. The highest BCUT2D eigenvalue weighted by Crippen LogP contribution is 2.17. The van der Waals surface area contributed by atoms with Gasteiger partial charge in [-0.05, 0) is 12.8 Å². The molecule has 0 heterocycles. The lowest BCUT2D eigenvalue weighted by Gasteiger charge is -2.22. The molecular formula is C44H89NO3. The number of aliphatic hydroxyl groups excluding tert-OH is 2. The topological polar surface area (TPSA) is 69.6 Å². The molecule has 4 nitrogen and oxygen atoms in total. The number of aliphatic hydroxyl groups is 2. The first-order chi connectivity index (χ1) is 23.7. The van der Waals surface area contributed by atoms with Crippen molar-refractivity contribution in [3.63, 3.8) is 0 Å². The van der Waals surface area contributed by atoms with Crippen LogP contribution in [-0.2, 0) is 4.79 Å². The Hall–Kier alpha value is -0.610. The molecular weight excluding hydrogens is 590 g/mol. The fourth-order valence-electron chi connectivity index (χ4n) is 7.19. The highest BCUT2D eigenvalue weighted by molar-refractivity contribution is 5.76. The maximum absolute atomic E-state index is 12.4. The molecule has 0 fully saturated rings. The fraction of sp³-hybridized carbons (Fsp3) is 0.977. The molecule has 288 valence electrons. The van der Waals surface area contributed by atoms with Gasteiger partial charge in [-0.15, -0.1) is 0 Å². The van der Waals surface area contributed by atoms with E-state index in [-0.39, 0.29) is 12.5 Å². The van der Waals surface area contributed by atoms with Gasteiger partial charge in [0.15, 0.2) is 0 Å². The summed E-state index contributed by atoms with van der Waals surface area (Å²) >= 11 is 0. The summed E-state index contributed by atoms with van der Waals surface area (Å²) in [4.78, 5) is 12.4. The summed E-state index contributed by atoms with van der Waals surface area (Å²) in [5.74, 6) is -0.0260. The first-order valence-corrected chi connectivity index (χ1v) is 22.2. The zero-order valence-electron chi connectivity index (χ0n) is 33.0. The van der Waals surface area contributed by atoms with Crippen molar-refractivity contribution >= 4 is 5.91 Å². The van der Waals surface area contributed by atoms with Crippen molar-refractivity contribution in [2.24, 2.45) is 0 Å². The van der Waals surface area contributed by atoms with Crippen LogP contribution >= 0.6 is 0 Å². The van der Waals surface area contributed by atoms with Gasteiger partial charge in [0.2, 0.25) is 5.91 Å². The van der Waals surface area contributed by atoms with Crippen molar-refractivity contribution < 1.29 is 15.0 Å². The third-order valence-corrected chi connectivity index (χ3v) is 10.6. The highest BCUT2D eigenvalue weighted by Gasteiger charge is 2.20. The monoisotopic (exact) mass is 680 g/mol. The Kier molecular flexibility index (Phi) is 40.3. The highest BCUT2D eigenvalue weighted by atomic mass is 16.3. The maximum Gasteiger partial charge on any atom is 0.220 e. The molecule has 2 atom stereocenters. The van der Waals surface area contributed by atoms with Gasteiger partial charge in [0.05, 0.1) is 18.8 Å². The molecule has 0 aliphatic carbocycles. The van der Waals surface area contributed by atoms with Crippen molar-refractivity contribution in [3.05, 3.63) is 0 Å². The van der Waals surface area contributed by atoms with Gasteiger partial charge >= 0.3 is 0 Å². The van der Waals surface area contributed by atoms with Gasteiger partial charge in [-0.2, -0.15) is 0 Å². The molecule has 0 aromatic carbocycles. The summed E-state index contributed by atoms with van der Waals surface area (Å²) in [6, 6.07) is -0.528. The molecule has 4 heteroatoms. The van der Waals surface area contributed by atoms with Crippen LogP contribution in [0, 0.1) is 0 Å². The second-order valence-electron chi connectivity index (χ2n) is 15.5. The van der Waals surface area contributed by atoms with E-state index >= 15 is 0 Å². The van der Waals surface area contributed by atoms with Gasteiger partial charge in [0.25, 0.3) is 0 Å². The SMILES string of the molecule is CCCCCCCCCCCCCCCCCCCCCCCCCC(=O)NC(CO)C(O)CCCCCCCCCCCCCCC. The van der Waals surface area contributed by atoms with E-state index < -0.39 is 12.1 Å². The minimum Gasteiger partial charge on any atom is -0.394 e. The quantitative estimate of drug-likeness (QED) is 0.0563. The Morgan fingerprint density at radius 1 is 0.417 bits per heavy atom. The Morgan fingerprint density at radius 3 is 0.938 bits per heavy atom. The minimum atomic E-state index is -0.652. The van der Waals surface area contributed by atoms with Gasteiger partial charge in [-0.3, -0.25) is 4.79 Å². The first-order valence-electron chi connectivity index (χ1n) is 22.2. The van der Waals surface area contributed by atoms with Crippen molar-refractivity contribution in [3.8, 4) is 0 Å². The van der Waals surface area contributed by atoms with Crippen LogP contribution in [0.15, 0.2) is 0 Å². The third-order valence-electron chi connectivity index (χ3n) is 10.6. The van der Waals surface area contributed by atoms with Gasteiger partial charge in [0, 0.05) is 6.42 Å². The zero-order chi connectivity index (χ0) is 35.0. The fourth-order valence-corrected chi connectivity index (χ4v) is 7.19. The molecule has 0 saturated heterocycles. The summed E-state index contributed by atoms with van der Waals surface area (Å²) in [6.07, 6.45) is 49.0. The smallest absolute Gasteiger partial charge is 0.220 e. The van der Waals surface area contributed by atoms with Crippen LogP contribution in [0.25, 0.3) is 0 Å². The van der Waals surface area contributed by atoms with Crippen molar-refractivity contribution in [1.29, 1.82) is 0 Å². The summed E-state index contributed by atoms with van der Waals surface area (Å²) in [7, 11) is 0. The van der Waals surface area contributed by atoms with Crippen molar-refractivity contribution in [2.75, 3.05) is 6.61 Å². The average molecular weight is 680 g/mol. The second kappa shape index (κ2) is 40.8. The van der Waals surface area contributed by atoms with E-state index in [0.29, 0.717) is 12.8 Å². The molecule has 0 aliphatic rings. The summed E-state index contributed by atoms with van der Waals surface area (Å²) < 4.78 is 0.